The van der Waals surface area contributed by atoms with Crippen LogP contribution in [0.4, 0.5) is 0 Å². The van der Waals surface area contributed by atoms with E-state index in [9.17, 15) is 14.4 Å². The highest BCUT2D eigenvalue weighted by Crippen LogP contribution is 2.27. The molecule has 4 rings (SSSR count). The monoisotopic (exact) mass is 581 g/mol. The average molecular weight is 582 g/mol. The van der Waals surface area contributed by atoms with Crippen molar-refractivity contribution in [3.8, 4) is 22.5 Å². The molecule has 43 heavy (non-hydrogen) atoms. The number of hydrogen-bond donors (Lipinski definition) is 2. The Hall–Kier alpha value is -4.66. The van der Waals surface area contributed by atoms with Gasteiger partial charge in [0.1, 0.15) is 6.54 Å². The fourth-order valence-electron chi connectivity index (χ4n) is 4.60. The molecule has 0 saturated carbocycles. The maximum Gasteiger partial charge on any atom is 0.322 e. The van der Waals surface area contributed by atoms with Crippen molar-refractivity contribution in [1.29, 1.82) is 0 Å². The Balaban J connectivity index is 1.47. The Bertz CT molecular complexity index is 1580. The Kier molecular flexibility index (Phi) is 9.23. The van der Waals surface area contributed by atoms with Gasteiger partial charge in [0, 0.05) is 42.1 Å². The third-order valence-corrected chi connectivity index (χ3v) is 7.24. The van der Waals surface area contributed by atoms with Crippen LogP contribution in [-0.2, 0) is 27.0 Å². The van der Waals surface area contributed by atoms with Gasteiger partial charge < -0.3 is 10.4 Å². The number of Topliss-reactive ketones (excluding diaryl/α,β-unsaturated/α-hetero) is 1. The first-order valence-electron chi connectivity index (χ1n) is 14.3. The lowest BCUT2D eigenvalue weighted by molar-refractivity contribution is -0.138. The van der Waals surface area contributed by atoms with Gasteiger partial charge in [0.25, 0.3) is 0 Å². The van der Waals surface area contributed by atoms with Gasteiger partial charge in [0.05, 0.1) is 17.3 Å². The van der Waals surface area contributed by atoms with Crippen LogP contribution in [0.3, 0.4) is 0 Å². The molecule has 0 spiro atoms. The molecule has 0 radical (unpaired) electrons. The minimum absolute atomic E-state index is 0.0790. The molecule has 0 bridgehead atoms. The van der Waals surface area contributed by atoms with Crippen molar-refractivity contribution in [1.82, 2.24) is 25.1 Å². The number of carbonyl (C=O) groups excluding carboxylic acids is 2. The standard InChI is InChI=1S/C34H39N5O4/c1-33(2,3)28-13-11-23(12-14-28)26-17-35-31(36-18-26)24-9-7-22(8-10-24)15-25(32(43)37-20-30(41)42)16-29(40)27-19-38-39(21-27)34(4,5)6/h7-14,17-19,21,25H,15-16,20H2,1-6H3,(H,37,43)(H,41,42)/t25-/m1/s1. The van der Waals surface area contributed by atoms with Crippen molar-refractivity contribution >= 4 is 17.7 Å². The number of hydrogen-bond acceptors (Lipinski definition) is 6. The molecule has 2 heterocycles. The maximum atomic E-state index is 13.1. The van der Waals surface area contributed by atoms with E-state index in [1.54, 1.807) is 23.3 Å². The molecule has 0 fully saturated rings. The molecule has 1 amide bonds. The van der Waals surface area contributed by atoms with Gasteiger partial charge in [0.15, 0.2) is 11.6 Å². The van der Waals surface area contributed by atoms with E-state index in [2.05, 4.69) is 65.4 Å². The zero-order valence-corrected chi connectivity index (χ0v) is 25.6. The Labute approximate surface area is 252 Å². The fourth-order valence-corrected chi connectivity index (χ4v) is 4.60. The largest absolute Gasteiger partial charge is 0.480 e. The number of nitrogens with one attached hydrogen (secondary N) is 1. The molecule has 0 saturated heterocycles. The summed E-state index contributed by atoms with van der Waals surface area (Å²) < 4.78 is 1.70. The first-order chi connectivity index (χ1) is 20.2. The van der Waals surface area contributed by atoms with Crippen molar-refractivity contribution in [2.75, 3.05) is 6.54 Å². The molecule has 0 aliphatic carbocycles. The number of rotatable bonds is 10. The minimum Gasteiger partial charge on any atom is -0.480 e. The summed E-state index contributed by atoms with van der Waals surface area (Å²) in [5.41, 5.74) is 5.07. The molecule has 224 valence electrons. The van der Waals surface area contributed by atoms with Gasteiger partial charge in [-0.15, -0.1) is 0 Å². The SMILES string of the molecule is CC(C)(C)c1ccc(-c2cnc(-c3ccc(C[C@H](CC(=O)c4cnn(C(C)(C)C)c4)C(=O)NCC(=O)O)cc3)nc2)cc1. The third-order valence-electron chi connectivity index (χ3n) is 7.24. The van der Waals surface area contributed by atoms with Gasteiger partial charge in [-0.05, 0) is 49.3 Å². The number of nitrogens with zero attached hydrogens (tertiary/aromatic N) is 4. The molecule has 2 aromatic heterocycles. The summed E-state index contributed by atoms with van der Waals surface area (Å²) in [7, 11) is 0. The second kappa shape index (κ2) is 12.7. The topological polar surface area (TPSA) is 127 Å². The first-order valence-corrected chi connectivity index (χ1v) is 14.3. The average Bonchev–Trinajstić information content (AvgIpc) is 3.47. The first kappa shape index (κ1) is 31.3. The molecule has 0 aliphatic heterocycles. The number of aromatic nitrogens is 4. The zero-order valence-electron chi connectivity index (χ0n) is 25.6. The van der Waals surface area contributed by atoms with Crippen LogP contribution >= 0.6 is 0 Å². The molecule has 0 unspecified atom stereocenters. The van der Waals surface area contributed by atoms with Crippen LogP contribution < -0.4 is 5.32 Å². The van der Waals surface area contributed by atoms with E-state index in [4.69, 9.17) is 5.11 Å². The molecular weight excluding hydrogens is 542 g/mol. The predicted octanol–water partition coefficient (Wildman–Crippen LogP) is 5.69. The van der Waals surface area contributed by atoms with Gasteiger partial charge >= 0.3 is 5.97 Å². The lowest BCUT2D eigenvalue weighted by Crippen LogP contribution is -2.36. The van der Waals surface area contributed by atoms with E-state index in [1.807, 2.05) is 45.0 Å². The highest BCUT2D eigenvalue weighted by Gasteiger charge is 2.25. The summed E-state index contributed by atoms with van der Waals surface area (Å²) in [6.45, 7) is 12.0. The van der Waals surface area contributed by atoms with Gasteiger partial charge in [-0.2, -0.15) is 5.10 Å². The zero-order chi connectivity index (χ0) is 31.4. The lowest BCUT2D eigenvalue weighted by atomic mass is 9.86. The van der Waals surface area contributed by atoms with Crippen LogP contribution in [0, 0.1) is 5.92 Å². The Morgan fingerprint density at radius 1 is 0.837 bits per heavy atom. The molecule has 2 aromatic carbocycles. The van der Waals surface area contributed by atoms with Crippen molar-refractivity contribution < 1.29 is 19.5 Å². The van der Waals surface area contributed by atoms with Crippen molar-refractivity contribution in [2.45, 2.75) is 65.3 Å². The predicted molar refractivity (Wildman–Crippen MR) is 166 cm³/mol. The molecule has 9 heteroatoms. The highest BCUT2D eigenvalue weighted by molar-refractivity contribution is 5.98. The van der Waals surface area contributed by atoms with E-state index >= 15 is 0 Å². The second-order valence-corrected chi connectivity index (χ2v) is 12.8. The van der Waals surface area contributed by atoms with E-state index in [1.165, 1.54) is 11.8 Å². The van der Waals surface area contributed by atoms with E-state index in [-0.39, 0.29) is 29.6 Å². The number of ketones is 1. The Morgan fingerprint density at radius 2 is 1.44 bits per heavy atom. The van der Waals surface area contributed by atoms with Crippen molar-refractivity contribution in [2.24, 2.45) is 5.92 Å². The van der Waals surface area contributed by atoms with Crippen LogP contribution in [0.25, 0.3) is 22.5 Å². The maximum absolute atomic E-state index is 13.1. The number of benzene rings is 2. The smallest absolute Gasteiger partial charge is 0.322 e. The van der Waals surface area contributed by atoms with Crippen molar-refractivity contribution in [3.05, 3.63) is 90.0 Å². The van der Waals surface area contributed by atoms with Crippen LogP contribution in [-0.4, -0.2) is 49.1 Å². The number of carboxylic acid groups (broad SMARTS) is 1. The lowest BCUT2D eigenvalue weighted by Gasteiger charge is -2.19. The third kappa shape index (κ3) is 8.22. The van der Waals surface area contributed by atoms with Gasteiger partial charge in [-0.1, -0.05) is 69.3 Å². The minimum atomic E-state index is -1.15. The molecule has 0 aliphatic rings. The Morgan fingerprint density at radius 3 is 1.98 bits per heavy atom. The normalized spacial score (nSPS) is 12.5. The molecule has 1 atom stereocenters. The number of aliphatic carboxylic acids is 1. The van der Waals surface area contributed by atoms with Crippen LogP contribution in [0.5, 0.6) is 0 Å². The summed E-state index contributed by atoms with van der Waals surface area (Å²) in [6, 6.07) is 15.9. The van der Waals surface area contributed by atoms with E-state index in [0.29, 0.717) is 11.4 Å². The van der Waals surface area contributed by atoms with Gasteiger partial charge in [-0.3, -0.25) is 19.1 Å². The van der Waals surface area contributed by atoms with Crippen LogP contribution in [0.2, 0.25) is 0 Å². The second-order valence-electron chi connectivity index (χ2n) is 12.8. The van der Waals surface area contributed by atoms with Crippen LogP contribution in [0.15, 0.2) is 73.3 Å². The number of carbonyl (C=O) groups is 3. The van der Waals surface area contributed by atoms with E-state index < -0.39 is 24.3 Å². The highest BCUT2D eigenvalue weighted by atomic mass is 16.4. The van der Waals surface area contributed by atoms with Crippen LogP contribution in [0.1, 0.15) is 69.4 Å². The molecule has 4 aromatic rings. The molecule has 2 N–H and O–H groups in total. The number of carboxylic acids is 1. The van der Waals surface area contributed by atoms with Crippen molar-refractivity contribution in [3.63, 3.8) is 0 Å². The summed E-state index contributed by atoms with van der Waals surface area (Å²) >= 11 is 0. The van der Waals surface area contributed by atoms with Gasteiger partial charge in [0.2, 0.25) is 5.91 Å². The molecular formula is C34H39N5O4. The number of amides is 1. The summed E-state index contributed by atoms with van der Waals surface area (Å²) in [5, 5.41) is 15.7. The van der Waals surface area contributed by atoms with E-state index in [0.717, 1.165) is 22.3 Å². The summed E-state index contributed by atoms with van der Waals surface area (Å²) in [4.78, 5) is 46.2. The summed E-state index contributed by atoms with van der Waals surface area (Å²) in [6.07, 6.45) is 6.97. The molecule has 9 nitrogen and oxygen atoms in total. The van der Waals surface area contributed by atoms with Gasteiger partial charge in [-0.25, -0.2) is 9.97 Å². The summed E-state index contributed by atoms with van der Waals surface area (Å²) in [5.74, 6) is -2.05. The quantitative estimate of drug-likeness (QED) is 0.230. The fraction of sp³-hybridized carbons (Fsp3) is 0.353.